The fourth-order valence-corrected chi connectivity index (χ4v) is 1.39. The van der Waals surface area contributed by atoms with E-state index in [1.807, 2.05) is 6.07 Å². The Kier molecular flexibility index (Phi) is 2.93. The minimum absolute atomic E-state index is 0.0208. The van der Waals surface area contributed by atoms with Gasteiger partial charge in [0.05, 0.1) is 5.69 Å². The minimum atomic E-state index is -0.475. The van der Waals surface area contributed by atoms with Crippen LogP contribution in [0.4, 0.5) is 27.7 Å². The van der Waals surface area contributed by atoms with Crippen LogP contribution >= 0.6 is 0 Å². The number of anilines is 4. The Balaban J connectivity index is 2.47. The number of nitrogens with two attached hydrogens (primary N) is 2. The van der Waals surface area contributed by atoms with Crippen molar-refractivity contribution in [2.24, 2.45) is 0 Å². The summed E-state index contributed by atoms with van der Waals surface area (Å²) in [5.41, 5.74) is 11.2. The first-order valence-corrected chi connectivity index (χ1v) is 4.96. The molecule has 2 rings (SSSR count). The number of rotatable bonds is 2. The molecule has 0 saturated carbocycles. The van der Waals surface area contributed by atoms with E-state index >= 15 is 0 Å². The van der Waals surface area contributed by atoms with Crippen molar-refractivity contribution in [3.05, 3.63) is 35.6 Å². The number of hydrogen-bond acceptors (Lipinski definition) is 6. The molecule has 5 N–H and O–H groups in total. The molecule has 90 valence electrons. The smallest absolute Gasteiger partial charge is 0.224 e. The fourth-order valence-electron chi connectivity index (χ4n) is 1.39. The van der Waals surface area contributed by atoms with Gasteiger partial charge in [-0.3, -0.25) is 0 Å². The summed E-state index contributed by atoms with van der Waals surface area (Å²) < 4.78 is 13.5. The largest absolute Gasteiger partial charge is 0.382 e. The molecule has 0 atom stereocenters. The summed E-state index contributed by atoms with van der Waals surface area (Å²) in [5.74, 6) is -0.543. The second-order valence-corrected chi connectivity index (χ2v) is 3.41. The number of nitrogen functional groups attached to an aromatic ring is 2. The van der Waals surface area contributed by atoms with Gasteiger partial charge in [-0.05, 0) is 12.1 Å². The van der Waals surface area contributed by atoms with E-state index in [1.54, 1.807) is 12.1 Å². The van der Waals surface area contributed by atoms with Gasteiger partial charge in [0, 0.05) is 0 Å². The van der Waals surface area contributed by atoms with Gasteiger partial charge in [-0.15, -0.1) is 0 Å². The summed E-state index contributed by atoms with van der Waals surface area (Å²) >= 11 is 0. The SMILES string of the molecule is N#Cc1c(N)nc(N)nc1Nc1ccccc1F. The standard InChI is InChI=1S/C11H9FN6/c12-7-3-1-2-4-8(7)16-10-6(5-13)9(14)17-11(15)18-10/h1-4H,(H5,14,15,16,17,18). The van der Waals surface area contributed by atoms with Crippen molar-refractivity contribution in [2.75, 3.05) is 16.8 Å². The number of hydrogen-bond donors (Lipinski definition) is 3. The zero-order valence-electron chi connectivity index (χ0n) is 9.18. The van der Waals surface area contributed by atoms with Crippen molar-refractivity contribution in [3.8, 4) is 6.07 Å². The molecule has 0 radical (unpaired) electrons. The van der Waals surface area contributed by atoms with E-state index in [4.69, 9.17) is 16.7 Å². The van der Waals surface area contributed by atoms with E-state index in [2.05, 4.69) is 15.3 Å². The Hall–Kier alpha value is -2.88. The third-order valence-corrected chi connectivity index (χ3v) is 2.19. The zero-order chi connectivity index (χ0) is 13.1. The first-order chi connectivity index (χ1) is 8.61. The summed E-state index contributed by atoms with van der Waals surface area (Å²) in [6, 6.07) is 7.82. The van der Waals surface area contributed by atoms with Gasteiger partial charge in [0.1, 0.15) is 23.3 Å². The van der Waals surface area contributed by atoms with Gasteiger partial charge in [-0.1, -0.05) is 12.1 Å². The molecule has 0 saturated heterocycles. The van der Waals surface area contributed by atoms with E-state index in [0.29, 0.717) is 0 Å². The normalized spacial score (nSPS) is 9.78. The molecule has 0 bridgehead atoms. The molecule has 0 aliphatic carbocycles. The number of nitriles is 1. The van der Waals surface area contributed by atoms with Crippen molar-refractivity contribution in [1.82, 2.24) is 9.97 Å². The molecule has 7 heteroatoms. The molecule has 0 amide bonds. The van der Waals surface area contributed by atoms with Crippen LogP contribution in [0.2, 0.25) is 0 Å². The molecule has 1 aromatic carbocycles. The van der Waals surface area contributed by atoms with Crippen LogP contribution < -0.4 is 16.8 Å². The first-order valence-electron chi connectivity index (χ1n) is 4.96. The van der Waals surface area contributed by atoms with Crippen molar-refractivity contribution >= 4 is 23.3 Å². The molecule has 0 spiro atoms. The highest BCUT2D eigenvalue weighted by atomic mass is 19.1. The third-order valence-electron chi connectivity index (χ3n) is 2.19. The van der Waals surface area contributed by atoms with E-state index < -0.39 is 5.82 Å². The number of para-hydroxylation sites is 1. The highest BCUT2D eigenvalue weighted by Gasteiger charge is 2.12. The number of nitrogens with zero attached hydrogens (tertiary/aromatic N) is 3. The van der Waals surface area contributed by atoms with Gasteiger partial charge in [-0.2, -0.15) is 15.2 Å². The lowest BCUT2D eigenvalue weighted by Crippen LogP contribution is -2.07. The quantitative estimate of drug-likeness (QED) is 0.735. The lowest BCUT2D eigenvalue weighted by Gasteiger charge is -2.09. The number of nitrogens with one attached hydrogen (secondary N) is 1. The maximum absolute atomic E-state index is 13.5. The van der Waals surface area contributed by atoms with E-state index in [1.165, 1.54) is 12.1 Å². The van der Waals surface area contributed by atoms with Gasteiger partial charge in [-0.25, -0.2) is 4.39 Å². The number of halogens is 1. The van der Waals surface area contributed by atoms with Crippen LogP contribution in [0.25, 0.3) is 0 Å². The molecular weight excluding hydrogens is 235 g/mol. The van der Waals surface area contributed by atoms with Gasteiger partial charge >= 0.3 is 0 Å². The maximum Gasteiger partial charge on any atom is 0.224 e. The summed E-state index contributed by atoms with van der Waals surface area (Å²) in [5, 5.41) is 11.6. The van der Waals surface area contributed by atoms with Crippen molar-refractivity contribution in [3.63, 3.8) is 0 Å². The van der Waals surface area contributed by atoms with Gasteiger partial charge < -0.3 is 16.8 Å². The summed E-state index contributed by atoms with van der Waals surface area (Å²) in [6.45, 7) is 0. The predicted molar refractivity (Wildman–Crippen MR) is 65.3 cm³/mol. The van der Waals surface area contributed by atoms with E-state index in [9.17, 15) is 4.39 Å². The average molecular weight is 244 g/mol. The Bertz CT molecular complexity index is 634. The van der Waals surface area contributed by atoms with Crippen LogP contribution in [0.5, 0.6) is 0 Å². The Morgan fingerprint density at radius 1 is 1.22 bits per heavy atom. The molecule has 0 aliphatic rings. The molecule has 2 aromatic rings. The molecule has 1 aromatic heterocycles. The second-order valence-electron chi connectivity index (χ2n) is 3.41. The minimum Gasteiger partial charge on any atom is -0.382 e. The van der Waals surface area contributed by atoms with Crippen molar-refractivity contribution in [2.45, 2.75) is 0 Å². The second kappa shape index (κ2) is 4.55. The van der Waals surface area contributed by atoms with Crippen LogP contribution in [-0.2, 0) is 0 Å². The van der Waals surface area contributed by atoms with Crippen LogP contribution in [0.1, 0.15) is 5.56 Å². The van der Waals surface area contributed by atoms with Crippen LogP contribution in [0.15, 0.2) is 24.3 Å². The fraction of sp³-hybridized carbons (Fsp3) is 0. The zero-order valence-corrected chi connectivity index (χ0v) is 9.18. The highest BCUT2D eigenvalue weighted by Crippen LogP contribution is 2.24. The molecular formula is C11H9FN6. The predicted octanol–water partition coefficient (Wildman–Crippen LogP) is 1.40. The van der Waals surface area contributed by atoms with Crippen LogP contribution in [0.3, 0.4) is 0 Å². The Morgan fingerprint density at radius 2 is 1.94 bits per heavy atom. The Labute approximate surface area is 102 Å². The van der Waals surface area contributed by atoms with Crippen molar-refractivity contribution < 1.29 is 4.39 Å². The van der Waals surface area contributed by atoms with E-state index in [0.717, 1.165) is 0 Å². The molecule has 0 aliphatic heterocycles. The summed E-state index contributed by atoms with van der Waals surface area (Å²) in [4.78, 5) is 7.48. The Morgan fingerprint density at radius 3 is 2.61 bits per heavy atom. The lowest BCUT2D eigenvalue weighted by molar-refractivity contribution is 0.632. The van der Waals surface area contributed by atoms with Crippen molar-refractivity contribution in [1.29, 1.82) is 5.26 Å². The molecule has 6 nitrogen and oxygen atoms in total. The van der Waals surface area contributed by atoms with E-state index in [-0.39, 0.29) is 28.8 Å². The van der Waals surface area contributed by atoms with Crippen LogP contribution in [-0.4, -0.2) is 9.97 Å². The van der Waals surface area contributed by atoms with Gasteiger partial charge in [0.25, 0.3) is 0 Å². The van der Waals surface area contributed by atoms with Gasteiger partial charge in [0.15, 0.2) is 5.82 Å². The molecule has 1 heterocycles. The van der Waals surface area contributed by atoms with Crippen LogP contribution in [0, 0.1) is 17.1 Å². The average Bonchev–Trinajstić information content (AvgIpc) is 2.31. The molecule has 0 fully saturated rings. The monoisotopic (exact) mass is 244 g/mol. The maximum atomic E-state index is 13.5. The molecule has 18 heavy (non-hydrogen) atoms. The number of aromatic nitrogens is 2. The third kappa shape index (κ3) is 2.12. The van der Waals surface area contributed by atoms with Gasteiger partial charge in [0.2, 0.25) is 5.95 Å². The summed E-state index contributed by atoms with van der Waals surface area (Å²) in [7, 11) is 0. The lowest BCUT2D eigenvalue weighted by atomic mass is 10.2. The number of benzene rings is 1. The first kappa shape index (κ1) is 11.6. The topological polar surface area (TPSA) is 114 Å². The summed E-state index contributed by atoms with van der Waals surface area (Å²) in [6.07, 6.45) is 0. The highest BCUT2D eigenvalue weighted by molar-refractivity contribution is 5.69. The molecule has 0 unspecified atom stereocenters.